The number of likely N-dealkylation sites (tertiary alicyclic amines) is 1. The second-order valence-electron chi connectivity index (χ2n) is 19.6. The third kappa shape index (κ3) is 7.81. The normalized spacial score (nSPS) is 20.8. The molecule has 9 heterocycles. The van der Waals surface area contributed by atoms with E-state index in [4.69, 9.17) is 5.10 Å². The first kappa shape index (κ1) is 43.3. The van der Waals surface area contributed by atoms with Crippen LogP contribution in [0.3, 0.4) is 0 Å². The minimum atomic E-state index is -2.71. The number of amides is 4. The first-order valence-electron chi connectivity index (χ1n) is 24.0. The lowest BCUT2D eigenvalue weighted by molar-refractivity contribution is -0.137. The second kappa shape index (κ2) is 17.1. The smallest absolute Gasteiger partial charge is 0.264 e. The molecule has 1 N–H and O–H groups in total. The summed E-state index contributed by atoms with van der Waals surface area (Å²) in [6.45, 7) is 10.4. The van der Waals surface area contributed by atoms with Crippen molar-refractivity contribution in [1.82, 2.24) is 44.6 Å². The van der Waals surface area contributed by atoms with Gasteiger partial charge in [-0.2, -0.15) is 10.2 Å². The van der Waals surface area contributed by atoms with Gasteiger partial charge in [0.25, 0.3) is 12.3 Å². The first-order chi connectivity index (χ1) is 32.4. The van der Waals surface area contributed by atoms with E-state index in [2.05, 4.69) is 41.0 Å². The minimum Gasteiger partial charge on any atom is -0.372 e. The third-order valence-corrected chi connectivity index (χ3v) is 15.4. The van der Waals surface area contributed by atoms with Crippen LogP contribution in [0.5, 0.6) is 0 Å². The zero-order valence-electron chi connectivity index (χ0n) is 38.4. The molecule has 2 aromatic carbocycles. The van der Waals surface area contributed by atoms with Gasteiger partial charge in [-0.25, -0.2) is 8.78 Å². The number of nitrogens with zero attached hydrogens (tertiary/aromatic N) is 10. The van der Waals surface area contributed by atoms with E-state index in [1.807, 2.05) is 53.9 Å². The van der Waals surface area contributed by atoms with Crippen LogP contribution in [0.1, 0.15) is 108 Å². The van der Waals surface area contributed by atoms with Crippen LogP contribution in [0.4, 0.5) is 26.0 Å². The predicted molar refractivity (Wildman–Crippen MR) is 248 cm³/mol. The zero-order valence-corrected chi connectivity index (χ0v) is 38.4. The Morgan fingerprint density at radius 1 is 0.851 bits per heavy atom. The van der Waals surface area contributed by atoms with E-state index in [-0.39, 0.29) is 35.7 Å². The van der Waals surface area contributed by atoms with Crippen LogP contribution in [0.15, 0.2) is 42.6 Å². The second-order valence-corrected chi connectivity index (χ2v) is 19.6. The number of carbonyl (C=O) groups is 4. The Kier molecular flexibility index (Phi) is 11.1. The summed E-state index contributed by atoms with van der Waals surface area (Å²) in [5.74, 6) is 0.532. The van der Waals surface area contributed by atoms with Crippen LogP contribution < -0.4 is 15.1 Å². The number of aryl methyl sites for hydroxylation is 3. The lowest BCUT2D eigenvalue weighted by Crippen LogP contribution is -2.52. The van der Waals surface area contributed by atoms with Gasteiger partial charge in [0, 0.05) is 125 Å². The standard InChI is InChI=1S/C50H57F2N11O4/c1-29-21-44-46(55-54-29)39(27-57(44)3)37-23-32-5-4-15-61(43(32)24-38(37)47(51)52)48-40-28-60(30(2)64)20-14-41(40)63(56-48)34-12-16-58(17-13-34)25-31-10-18-59(19-11-31)35-6-7-36-33(22-35)26-62(50(36)67)42-8-9-45(65)53-49(42)66/h6-7,21-24,27,31,34,42,47H,4-5,8-20,25-26,28H2,1-3H3,(H,53,65,66). The Labute approximate surface area is 388 Å². The number of carbonyl (C=O) groups excluding carboxylic acids is 4. The van der Waals surface area contributed by atoms with E-state index in [0.717, 1.165) is 122 Å². The highest BCUT2D eigenvalue weighted by Crippen LogP contribution is 2.45. The Balaban J connectivity index is 0.774. The van der Waals surface area contributed by atoms with E-state index in [9.17, 15) is 19.2 Å². The SMILES string of the molecule is CC(=O)N1CCc2c(c(N3CCCc4cc(-c5cn(C)c6cc(C)nnc56)c(C(F)F)cc43)nn2C2CCN(CC3CCN(c4ccc5c(c4)CN(C4CCC(=O)NC4=O)C5=O)CC3)CC2)C1. The number of piperidine rings is 3. The van der Waals surface area contributed by atoms with Crippen molar-refractivity contribution in [3.05, 3.63) is 81.8 Å². The largest absolute Gasteiger partial charge is 0.372 e. The molecule has 350 valence electrons. The number of alkyl halides is 2. The number of fused-ring (bicyclic) bond motifs is 4. The maximum atomic E-state index is 15.2. The molecule has 15 nitrogen and oxygen atoms in total. The number of hydrogen-bond acceptors (Lipinski definition) is 10. The maximum absolute atomic E-state index is 15.2. The van der Waals surface area contributed by atoms with Crippen molar-refractivity contribution in [2.75, 3.05) is 55.6 Å². The van der Waals surface area contributed by atoms with Crippen LogP contribution in [-0.4, -0.2) is 115 Å². The highest BCUT2D eigenvalue weighted by Gasteiger charge is 2.40. The number of hydrogen-bond donors (Lipinski definition) is 1. The van der Waals surface area contributed by atoms with Crippen molar-refractivity contribution >= 4 is 51.9 Å². The minimum absolute atomic E-state index is 0.0164. The van der Waals surface area contributed by atoms with Crippen molar-refractivity contribution in [1.29, 1.82) is 0 Å². The summed E-state index contributed by atoms with van der Waals surface area (Å²) in [6.07, 6.45) is 6.09. The summed E-state index contributed by atoms with van der Waals surface area (Å²) in [5.41, 5.74) is 9.87. The van der Waals surface area contributed by atoms with Gasteiger partial charge < -0.3 is 29.1 Å². The monoisotopic (exact) mass is 913 g/mol. The molecule has 3 saturated heterocycles. The Morgan fingerprint density at radius 3 is 2.42 bits per heavy atom. The van der Waals surface area contributed by atoms with Gasteiger partial charge in [0.1, 0.15) is 11.6 Å². The average molecular weight is 914 g/mol. The van der Waals surface area contributed by atoms with Crippen molar-refractivity contribution in [3.63, 3.8) is 0 Å². The molecule has 0 saturated carbocycles. The number of halogens is 2. The molecule has 1 unspecified atom stereocenters. The number of anilines is 3. The number of nitrogens with one attached hydrogen (secondary N) is 1. The van der Waals surface area contributed by atoms with Crippen molar-refractivity contribution < 1.29 is 28.0 Å². The highest BCUT2D eigenvalue weighted by molar-refractivity contribution is 6.05. The molecule has 67 heavy (non-hydrogen) atoms. The molecule has 0 bridgehead atoms. The molecule has 3 fully saturated rings. The van der Waals surface area contributed by atoms with E-state index in [1.54, 1.807) is 17.9 Å². The molecular formula is C50H57F2N11O4. The molecule has 4 amide bonds. The molecule has 0 radical (unpaired) electrons. The molecule has 0 spiro atoms. The number of aromatic nitrogens is 5. The zero-order chi connectivity index (χ0) is 46.2. The summed E-state index contributed by atoms with van der Waals surface area (Å²) in [7, 11) is 1.90. The van der Waals surface area contributed by atoms with Gasteiger partial charge in [-0.05, 0) is 111 Å². The van der Waals surface area contributed by atoms with Crippen molar-refractivity contribution in [2.24, 2.45) is 13.0 Å². The average Bonchev–Trinajstić information content (AvgIpc) is 3.98. The van der Waals surface area contributed by atoms with Gasteiger partial charge in [0.15, 0.2) is 5.82 Å². The van der Waals surface area contributed by atoms with Crippen LogP contribution >= 0.6 is 0 Å². The fraction of sp³-hybridized carbons (Fsp3) is 0.500. The third-order valence-electron chi connectivity index (χ3n) is 15.4. The van der Waals surface area contributed by atoms with Gasteiger partial charge in [-0.1, -0.05) is 0 Å². The van der Waals surface area contributed by atoms with Crippen LogP contribution in [0, 0.1) is 12.8 Å². The van der Waals surface area contributed by atoms with Gasteiger partial charge >= 0.3 is 0 Å². The van der Waals surface area contributed by atoms with Gasteiger partial charge in [0.2, 0.25) is 17.7 Å². The molecule has 1 atom stereocenters. The van der Waals surface area contributed by atoms with E-state index < -0.39 is 18.4 Å². The highest BCUT2D eigenvalue weighted by atomic mass is 19.3. The number of benzene rings is 2. The van der Waals surface area contributed by atoms with Crippen LogP contribution in [0.25, 0.3) is 22.2 Å². The van der Waals surface area contributed by atoms with E-state index >= 15 is 8.78 Å². The van der Waals surface area contributed by atoms with Crippen LogP contribution in [0.2, 0.25) is 0 Å². The Hall–Kier alpha value is -6.23. The van der Waals surface area contributed by atoms with Gasteiger partial charge in [-0.3, -0.25) is 29.2 Å². The summed E-state index contributed by atoms with van der Waals surface area (Å²) < 4.78 is 34.5. The van der Waals surface area contributed by atoms with Crippen molar-refractivity contribution in [3.8, 4) is 11.1 Å². The quantitative estimate of drug-likeness (QED) is 0.174. The summed E-state index contributed by atoms with van der Waals surface area (Å²) >= 11 is 0. The van der Waals surface area contributed by atoms with Crippen LogP contribution in [-0.2, 0) is 47.4 Å². The molecular weight excluding hydrogens is 857 g/mol. The van der Waals surface area contributed by atoms with E-state index in [1.165, 1.54) is 0 Å². The summed E-state index contributed by atoms with van der Waals surface area (Å²) in [5, 5.41) is 16.5. The summed E-state index contributed by atoms with van der Waals surface area (Å²) in [6, 6.07) is 11.1. The molecule has 6 aliphatic heterocycles. The lowest BCUT2D eigenvalue weighted by atomic mass is 9.92. The topological polar surface area (TPSA) is 145 Å². The molecule has 6 aliphatic rings. The molecule has 5 aromatic rings. The number of rotatable bonds is 8. The fourth-order valence-electron chi connectivity index (χ4n) is 11.8. The Bertz CT molecular complexity index is 2820. The van der Waals surface area contributed by atoms with Crippen molar-refractivity contribution in [2.45, 2.75) is 103 Å². The number of imide groups is 1. The summed E-state index contributed by atoms with van der Waals surface area (Å²) in [4.78, 5) is 60.9. The molecule has 17 heteroatoms. The van der Waals surface area contributed by atoms with Gasteiger partial charge in [0.05, 0.1) is 23.8 Å². The predicted octanol–water partition coefficient (Wildman–Crippen LogP) is 6.38. The first-order valence-corrected chi connectivity index (χ1v) is 24.0. The molecule has 0 aliphatic carbocycles. The van der Waals surface area contributed by atoms with Gasteiger partial charge in [-0.15, -0.1) is 5.10 Å². The fourth-order valence-corrected chi connectivity index (χ4v) is 11.8. The Morgan fingerprint density at radius 2 is 1.66 bits per heavy atom. The van der Waals surface area contributed by atoms with E-state index in [0.29, 0.717) is 67.1 Å². The maximum Gasteiger partial charge on any atom is 0.264 e. The molecule has 3 aromatic heterocycles. The lowest BCUT2D eigenvalue weighted by Gasteiger charge is -2.39. The molecule has 11 rings (SSSR count).